The fraction of sp³-hybridized carbons (Fsp3) is 0.133. The van der Waals surface area contributed by atoms with E-state index in [0.29, 0.717) is 22.6 Å². The molecule has 0 amide bonds. The van der Waals surface area contributed by atoms with Crippen molar-refractivity contribution >= 4 is 33.7 Å². The summed E-state index contributed by atoms with van der Waals surface area (Å²) in [5.74, 6) is 0.156. The second-order valence-corrected chi connectivity index (χ2v) is 9.19. The van der Waals surface area contributed by atoms with Crippen LogP contribution < -0.4 is 4.90 Å². The van der Waals surface area contributed by atoms with Crippen molar-refractivity contribution in [3.63, 3.8) is 0 Å². The molecule has 4 aromatic rings. The molecule has 6 rings (SSSR count). The summed E-state index contributed by atoms with van der Waals surface area (Å²) < 4.78 is 5.93. The zero-order valence-corrected chi connectivity index (χ0v) is 23.0. The molecule has 1 aliphatic heterocycles. The maximum atomic E-state index is 13.7. The molecule has 1 aromatic heterocycles. The Balaban J connectivity index is 0.00000253. The van der Waals surface area contributed by atoms with Crippen LogP contribution in [0.4, 0.5) is 5.69 Å². The van der Waals surface area contributed by atoms with Crippen molar-refractivity contribution in [1.29, 1.82) is 0 Å². The van der Waals surface area contributed by atoms with Crippen molar-refractivity contribution in [2.24, 2.45) is 0 Å². The Morgan fingerprint density at radius 2 is 1.66 bits per heavy atom. The molecule has 3 aromatic carbocycles. The molecule has 4 nitrogen and oxygen atoms in total. The number of benzene rings is 3. The van der Waals surface area contributed by atoms with Crippen LogP contribution in [0.15, 0.2) is 95.1 Å². The van der Waals surface area contributed by atoms with Gasteiger partial charge in [-0.25, -0.2) is 4.98 Å². The second-order valence-electron chi connectivity index (χ2n) is 9.19. The van der Waals surface area contributed by atoms with Gasteiger partial charge in [-0.05, 0) is 41.0 Å². The Bertz CT molecular complexity index is 1540. The van der Waals surface area contributed by atoms with Gasteiger partial charge in [0.25, 0.3) is 0 Å². The van der Waals surface area contributed by atoms with Crippen LogP contribution >= 0.6 is 0 Å². The molecule has 0 bridgehead atoms. The van der Waals surface area contributed by atoms with E-state index in [2.05, 4.69) is 67.2 Å². The number of para-hydroxylation sites is 3. The van der Waals surface area contributed by atoms with E-state index in [0.717, 1.165) is 22.3 Å². The maximum absolute atomic E-state index is 13.7. The molecule has 2 heterocycles. The maximum Gasteiger partial charge on any atom is 0.163 e. The number of hydrogen-bond donors (Lipinski definition) is 0. The van der Waals surface area contributed by atoms with E-state index >= 15 is 0 Å². The third-order valence-electron chi connectivity index (χ3n) is 6.80. The predicted octanol–water partition coefficient (Wildman–Crippen LogP) is 6.34. The number of anilines is 1. The standard InChI is InChI=1S/C30H23N2O2.Zn/c1-30(2)23-12-6-8-14-25(23)32(3)27(30)17-16-21-20-11-5-4-10-19(20)18-22(28(21)33)29-31-24-13-7-9-15-26(24)34-29;/h4-17H,1-3H3;/q-1;/b21-16-,27-17-;. The topological polar surface area (TPSA) is 46.3 Å². The number of likely N-dealkylation sites (N-methyl/N-ethyl adjacent to an activating group) is 1. The molecule has 0 atom stereocenters. The number of carbonyl (C=O) groups is 1. The number of carbonyl (C=O) groups excluding carboxylic acids is 1. The third-order valence-corrected chi connectivity index (χ3v) is 6.80. The molecule has 0 N–H and O–H groups in total. The minimum atomic E-state index is -0.176. The van der Waals surface area contributed by atoms with Crippen molar-refractivity contribution < 1.29 is 28.7 Å². The van der Waals surface area contributed by atoms with Gasteiger partial charge < -0.3 is 14.1 Å². The van der Waals surface area contributed by atoms with Gasteiger partial charge in [0.1, 0.15) is 11.4 Å². The summed E-state index contributed by atoms with van der Waals surface area (Å²) in [5, 5.41) is 0. The van der Waals surface area contributed by atoms with E-state index < -0.39 is 0 Å². The number of Topliss-reactive ketones (excluding diaryl/α,β-unsaturated/α-hetero) is 1. The Labute approximate surface area is 217 Å². The molecule has 35 heavy (non-hydrogen) atoms. The number of ketones is 1. The van der Waals surface area contributed by atoms with Crippen LogP contribution in [0.2, 0.25) is 0 Å². The number of hydrogen-bond acceptors (Lipinski definition) is 4. The molecular formula is C30H23N2O2Zn-. The van der Waals surface area contributed by atoms with Gasteiger partial charge in [0.15, 0.2) is 5.89 Å². The van der Waals surface area contributed by atoms with Gasteiger partial charge in [-0.2, -0.15) is 0 Å². The minimum Gasteiger partial charge on any atom is -0.472 e. The summed E-state index contributed by atoms with van der Waals surface area (Å²) >= 11 is 0. The summed E-state index contributed by atoms with van der Waals surface area (Å²) in [6.07, 6.45) is 7.26. The summed E-state index contributed by atoms with van der Waals surface area (Å²) in [7, 11) is 2.08. The van der Waals surface area contributed by atoms with Gasteiger partial charge in [-0.1, -0.05) is 74.0 Å². The van der Waals surface area contributed by atoms with Crippen molar-refractivity contribution in [3.05, 3.63) is 119 Å². The van der Waals surface area contributed by atoms with Gasteiger partial charge in [0, 0.05) is 43.3 Å². The first-order valence-electron chi connectivity index (χ1n) is 11.3. The monoisotopic (exact) mass is 507 g/mol. The predicted molar refractivity (Wildman–Crippen MR) is 135 cm³/mol. The smallest absolute Gasteiger partial charge is 0.163 e. The Morgan fingerprint density at radius 3 is 2.46 bits per heavy atom. The largest absolute Gasteiger partial charge is 0.472 e. The number of rotatable bonds is 2. The number of allylic oxidation sites excluding steroid dienone is 5. The Hall–Kier alpha value is -3.56. The number of aromatic nitrogens is 1. The van der Waals surface area contributed by atoms with Gasteiger partial charge >= 0.3 is 0 Å². The molecule has 0 saturated heterocycles. The van der Waals surface area contributed by atoms with Crippen LogP contribution in [0.1, 0.15) is 36.4 Å². The zero-order chi connectivity index (χ0) is 23.4. The van der Waals surface area contributed by atoms with Crippen molar-refractivity contribution in [2.45, 2.75) is 19.3 Å². The average molecular weight is 509 g/mol. The van der Waals surface area contributed by atoms with Crippen LogP contribution in [0.3, 0.4) is 0 Å². The SMILES string of the molecule is CN1/C(=C\C=C2/C(=O)C(c3nc4ccccc4o3)=[C-]c3ccccc32)C(C)(C)c2ccccc21.[Zn]. The minimum absolute atomic E-state index is 0. The molecule has 0 unspecified atom stereocenters. The molecule has 0 fully saturated rings. The summed E-state index contributed by atoms with van der Waals surface area (Å²) in [6, 6.07) is 23.8. The first-order chi connectivity index (χ1) is 16.4. The van der Waals surface area contributed by atoms with Gasteiger partial charge in [-0.3, -0.25) is 0 Å². The molecule has 0 spiro atoms. The van der Waals surface area contributed by atoms with E-state index in [9.17, 15) is 4.79 Å². The summed E-state index contributed by atoms with van der Waals surface area (Å²) in [6.45, 7) is 4.43. The van der Waals surface area contributed by atoms with Gasteiger partial charge in [-0.15, -0.1) is 17.7 Å². The van der Waals surface area contributed by atoms with Crippen LogP contribution in [-0.4, -0.2) is 17.8 Å². The van der Waals surface area contributed by atoms with Crippen LogP contribution in [0.25, 0.3) is 22.2 Å². The zero-order valence-electron chi connectivity index (χ0n) is 20.0. The number of fused-ring (bicyclic) bond motifs is 3. The number of oxazole rings is 1. The summed E-state index contributed by atoms with van der Waals surface area (Å²) in [4.78, 5) is 20.5. The average Bonchev–Trinajstić information content (AvgIpc) is 3.36. The van der Waals surface area contributed by atoms with Gasteiger partial charge in [0.05, 0.1) is 5.52 Å². The Kier molecular flexibility index (Phi) is 5.69. The van der Waals surface area contributed by atoms with E-state index in [-0.39, 0.29) is 30.7 Å². The molecule has 5 heteroatoms. The molecular weight excluding hydrogens is 486 g/mol. The molecule has 168 valence electrons. The van der Waals surface area contributed by atoms with E-state index in [1.807, 2.05) is 54.6 Å². The van der Waals surface area contributed by atoms with Gasteiger partial charge in [0.2, 0.25) is 0 Å². The van der Waals surface area contributed by atoms with Crippen LogP contribution in [0.5, 0.6) is 0 Å². The first kappa shape index (κ1) is 23.2. The fourth-order valence-corrected chi connectivity index (χ4v) is 5.03. The second kappa shape index (κ2) is 8.59. The third kappa shape index (κ3) is 3.62. The van der Waals surface area contributed by atoms with E-state index in [1.165, 1.54) is 11.3 Å². The molecule has 0 saturated carbocycles. The fourth-order valence-electron chi connectivity index (χ4n) is 5.03. The summed E-state index contributed by atoms with van der Waals surface area (Å²) in [5.41, 5.74) is 7.47. The molecule has 1 aliphatic carbocycles. The van der Waals surface area contributed by atoms with E-state index in [4.69, 9.17) is 4.42 Å². The molecule has 2 aliphatic rings. The Morgan fingerprint density at radius 1 is 0.943 bits per heavy atom. The van der Waals surface area contributed by atoms with Crippen molar-refractivity contribution in [1.82, 2.24) is 4.98 Å². The van der Waals surface area contributed by atoms with Crippen molar-refractivity contribution in [3.8, 4) is 0 Å². The number of nitrogens with zero attached hydrogens (tertiary/aromatic N) is 2. The first-order valence-corrected chi connectivity index (χ1v) is 11.3. The van der Waals surface area contributed by atoms with Crippen LogP contribution in [-0.2, 0) is 29.7 Å². The van der Waals surface area contributed by atoms with Crippen LogP contribution in [0, 0.1) is 6.08 Å². The van der Waals surface area contributed by atoms with E-state index in [1.54, 1.807) is 0 Å². The quantitative estimate of drug-likeness (QED) is 0.180. The van der Waals surface area contributed by atoms with Crippen molar-refractivity contribution in [2.75, 3.05) is 11.9 Å². The normalized spacial score (nSPS) is 18.4. The molecule has 0 radical (unpaired) electrons.